The summed E-state index contributed by atoms with van der Waals surface area (Å²) >= 11 is 10.0. The predicted molar refractivity (Wildman–Crippen MR) is 140 cm³/mol. The normalized spacial score (nSPS) is 30.8. The molecule has 8 nitrogen and oxygen atoms in total. The first-order valence-electron chi connectivity index (χ1n) is 12.3. The molecule has 3 aliphatic rings. The van der Waals surface area contributed by atoms with Crippen molar-refractivity contribution >= 4 is 51.0 Å². The molecule has 2 amide bonds. The molecule has 10 heteroatoms. The van der Waals surface area contributed by atoms with Crippen LogP contribution >= 0.6 is 27.5 Å². The van der Waals surface area contributed by atoms with Crippen molar-refractivity contribution in [3.05, 3.63) is 64.7 Å². The molecule has 2 aromatic carbocycles. The van der Waals surface area contributed by atoms with Crippen molar-refractivity contribution in [1.82, 2.24) is 4.90 Å². The lowest BCUT2D eigenvalue weighted by Gasteiger charge is -2.37. The minimum absolute atomic E-state index is 0.158. The molecule has 2 bridgehead atoms. The molecule has 0 aliphatic carbocycles. The van der Waals surface area contributed by atoms with Gasteiger partial charge in [0.1, 0.15) is 11.6 Å². The number of nitrogens with one attached hydrogen (secondary N) is 1. The van der Waals surface area contributed by atoms with Crippen LogP contribution in [0.1, 0.15) is 30.5 Å². The fourth-order valence-electron chi connectivity index (χ4n) is 6.22. The van der Waals surface area contributed by atoms with E-state index in [-0.39, 0.29) is 11.4 Å². The summed E-state index contributed by atoms with van der Waals surface area (Å²) in [5.74, 6) is -3.24. The maximum Gasteiger partial charge on any atom is 0.312 e. The average Bonchev–Trinajstić information content (AvgIpc) is 3.46. The number of amides is 2. The summed E-state index contributed by atoms with van der Waals surface area (Å²) in [6.45, 7) is 3.27. The number of aliphatic hydroxyl groups excluding tert-OH is 1. The van der Waals surface area contributed by atoms with Gasteiger partial charge < -0.3 is 24.8 Å². The largest absolute Gasteiger partial charge is 0.466 e. The summed E-state index contributed by atoms with van der Waals surface area (Å²) < 4.78 is 11.8. The van der Waals surface area contributed by atoms with Crippen LogP contribution in [0.3, 0.4) is 0 Å². The molecule has 2 aromatic rings. The molecule has 37 heavy (non-hydrogen) atoms. The number of hydrogen-bond donors (Lipinski definition) is 2. The second-order valence-electron chi connectivity index (χ2n) is 9.69. The van der Waals surface area contributed by atoms with E-state index < -0.39 is 60.0 Å². The van der Waals surface area contributed by atoms with Gasteiger partial charge in [-0.25, -0.2) is 0 Å². The lowest BCUT2D eigenvalue weighted by Crippen LogP contribution is -2.55. The number of halogens is 2. The zero-order chi connectivity index (χ0) is 26.5. The summed E-state index contributed by atoms with van der Waals surface area (Å²) in [4.78, 5) is 42.5. The Labute approximate surface area is 228 Å². The second kappa shape index (κ2) is 10.0. The summed E-state index contributed by atoms with van der Waals surface area (Å²) in [6.07, 6.45) is -0.274. The predicted octanol–water partition coefficient (Wildman–Crippen LogP) is 3.63. The van der Waals surface area contributed by atoms with Gasteiger partial charge >= 0.3 is 5.97 Å². The average molecular weight is 592 g/mol. The SMILES string of the molecule is CCOC(=O)[C@H]1[C@H]2C(=O)N([C@H](CO)c3ccccc3)C(C(=O)Nc3c(C)cccc3Cl)C23CC(Br)[C@@H]1O3. The summed E-state index contributed by atoms with van der Waals surface area (Å²) in [6, 6.07) is 12.4. The molecule has 3 saturated heterocycles. The molecular formula is C27H28BrClN2O6. The van der Waals surface area contributed by atoms with E-state index in [0.29, 0.717) is 22.7 Å². The molecule has 1 spiro atoms. The van der Waals surface area contributed by atoms with Gasteiger partial charge in [-0.1, -0.05) is 70.0 Å². The number of ether oxygens (including phenoxy) is 2. The first-order chi connectivity index (χ1) is 17.7. The number of hydrogen-bond acceptors (Lipinski definition) is 6. The van der Waals surface area contributed by atoms with Gasteiger partial charge in [-0.2, -0.15) is 0 Å². The Morgan fingerprint density at radius 2 is 2.00 bits per heavy atom. The first kappa shape index (κ1) is 26.2. The molecular weight excluding hydrogens is 564 g/mol. The van der Waals surface area contributed by atoms with Gasteiger partial charge in [0.2, 0.25) is 11.8 Å². The number of aryl methyl sites for hydroxylation is 1. The van der Waals surface area contributed by atoms with Gasteiger partial charge in [0.25, 0.3) is 0 Å². The van der Waals surface area contributed by atoms with Crippen molar-refractivity contribution in [2.45, 2.75) is 48.9 Å². The molecule has 3 unspecified atom stereocenters. The lowest BCUT2D eigenvalue weighted by molar-refractivity contribution is -0.155. The second-order valence-corrected chi connectivity index (χ2v) is 11.3. The number of fused-ring (bicyclic) bond motifs is 1. The van der Waals surface area contributed by atoms with Gasteiger partial charge in [0.15, 0.2) is 0 Å². The molecule has 2 N–H and O–H groups in total. The standard InChI is InChI=1S/C27H28BrClN2O6/c1-3-36-26(35)19-20-25(34)31(18(13-32)15-9-5-4-6-10-15)23(27(20)12-16(28)22(19)37-27)24(33)30-21-14(2)8-7-11-17(21)29/h4-11,16,18-20,22-23,32H,3,12-13H2,1-2H3,(H,30,33)/t16?,18-,19+,20+,22+,23?,27?/m1/s1. The number of esters is 1. The van der Waals surface area contributed by atoms with Crippen LogP contribution in [-0.4, -0.2) is 63.6 Å². The number of likely N-dealkylation sites (tertiary alicyclic amines) is 1. The van der Waals surface area contributed by atoms with E-state index in [0.717, 1.165) is 5.56 Å². The van der Waals surface area contributed by atoms with Gasteiger partial charge in [-0.15, -0.1) is 0 Å². The highest BCUT2D eigenvalue weighted by Crippen LogP contribution is 2.61. The Morgan fingerprint density at radius 1 is 1.27 bits per heavy atom. The fraction of sp³-hybridized carbons (Fsp3) is 0.444. The quantitative estimate of drug-likeness (QED) is 0.376. The Balaban J connectivity index is 1.63. The minimum Gasteiger partial charge on any atom is -0.466 e. The summed E-state index contributed by atoms with van der Waals surface area (Å²) in [5.41, 5.74) is 0.576. The van der Waals surface area contributed by atoms with E-state index in [1.54, 1.807) is 43.3 Å². The van der Waals surface area contributed by atoms with Crippen LogP contribution < -0.4 is 5.32 Å². The Kier molecular flexibility index (Phi) is 7.08. The number of carbonyl (C=O) groups is 3. The molecule has 0 saturated carbocycles. The number of benzene rings is 2. The number of anilines is 1. The highest BCUT2D eigenvalue weighted by molar-refractivity contribution is 9.09. The molecule has 196 valence electrons. The molecule has 0 aromatic heterocycles. The van der Waals surface area contributed by atoms with E-state index >= 15 is 0 Å². The van der Waals surface area contributed by atoms with Crippen LogP contribution in [0.5, 0.6) is 0 Å². The van der Waals surface area contributed by atoms with Gasteiger partial charge in [-0.3, -0.25) is 14.4 Å². The van der Waals surface area contributed by atoms with Crippen molar-refractivity contribution in [2.75, 3.05) is 18.5 Å². The van der Waals surface area contributed by atoms with Crippen LogP contribution in [0, 0.1) is 18.8 Å². The van der Waals surface area contributed by atoms with Crippen molar-refractivity contribution in [3.63, 3.8) is 0 Å². The summed E-state index contributed by atoms with van der Waals surface area (Å²) in [5, 5.41) is 13.8. The van der Waals surface area contributed by atoms with Crippen LogP contribution in [0.2, 0.25) is 5.02 Å². The molecule has 3 fully saturated rings. The smallest absolute Gasteiger partial charge is 0.312 e. The van der Waals surface area contributed by atoms with Gasteiger partial charge in [0, 0.05) is 4.83 Å². The third-order valence-electron chi connectivity index (χ3n) is 7.70. The first-order valence-corrected chi connectivity index (χ1v) is 13.6. The highest BCUT2D eigenvalue weighted by Gasteiger charge is 2.77. The van der Waals surface area contributed by atoms with Crippen LogP contribution in [0.15, 0.2) is 48.5 Å². The zero-order valence-electron chi connectivity index (χ0n) is 20.4. The van der Waals surface area contributed by atoms with Gasteiger partial charge in [-0.05, 0) is 37.5 Å². The van der Waals surface area contributed by atoms with Crippen LogP contribution in [0.25, 0.3) is 0 Å². The molecule has 5 rings (SSSR count). The van der Waals surface area contributed by atoms with E-state index in [4.69, 9.17) is 21.1 Å². The van der Waals surface area contributed by atoms with Crippen molar-refractivity contribution < 1.29 is 29.0 Å². The highest BCUT2D eigenvalue weighted by atomic mass is 79.9. The lowest BCUT2D eigenvalue weighted by atomic mass is 9.70. The maximum atomic E-state index is 14.2. The topological polar surface area (TPSA) is 105 Å². The number of para-hydroxylation sites is 1. The third-order valence-corrected chi connectivity index (χ3v) is 8.86. The number of aliphatic hydroxyl groups is 1. The van der Waals surface area contributed by atoms with Gasteiger partial charge in [0.05, 0.1) is 47.9 Å². The Morgan fingerprint density at radius 3 is 2.65 bits per heavy atom. The van der Waals surface area contributed by atoms with E-state index in [1.807, 2.05) is 19.1 Å². The third kappa shape index (κ3) is 4.07. The number of alkyl halides is 1. The van der Waals surface area contributed by atoms with Crippen molar-refractivity contribution in [2.24, 2.45) is 11.8 Å². The van der Waals surface area contributed by atoms with E-state index in [1.165, 1.54) is 4.90 Å². The molecule has 3 aliphatic heterocycles. The maximum absolute atomic E-state index is 14.2. The zero-order valence-corrected chi connectivity index (χ0v) is 22.7. The molecule has 3 heterocycles. The van der Waals surface area contributed by atoms with E-state index in [9.17, 15) is 19.5 Å². The van der Waals surface area contributed by atoms with Crippen LogP contribution in [-0.2, 0) is 23.9 Å². The van der Waals surface area contributed by atoms with Crippen molar-refractivity contribution in [3.8, 4) is 0 Å². The number of rotatable bonds is 7. The number of nitrogens with zero attached hydrogens (tertiary/aromatic N) is 1. The minimum atomic E-state index is -1.28. The van der Waals surface area contributed by atoms with Crippen molar-refractivity contribution in [1.29, 1.82) is 0 Å². The number of carbonyl (C=O) groups excluding carboxylic acids is 3. The molecule has 0 radical (unpaired) electrons. The fourth-order valence-corrected chi connectivity index (χ4v) is 7.43. The Bertz CT molecular complexity index is 1210. The van der Waals surface area contributed by atoms with Crippen LogP contribution in [0.4, 0.5) is 5.69 Å². The molecule has 7 atom stereocenters. The Hall–Kier alpha value is -2.46. The summed E-state index contributed by atoms with van der Waals surface area (Å²) in [7, 11) is 0. The van der Waals surface area contributed by atoms with E-state index in [2.05, 4.69) is 21.2 Å². The monoisotopic (exact) mass is 590 g/mol.